The maximum Gasteiger partial charge on any atom is 0.106 e. The van der Waals surface area contributed by atoms with E-state index in [4.69, 9.17) is 9.47 Å². The molecule has 0 radical (unpaired) electrons. The quantitative estimate of drug-likeness (QED) is 0.257. The molecule has 1 heterocycles. The normalized spacial score (nSPS) is 16.9. The summed E-state index contributed by atoms with van der Waals surface area (Å²) < 4.78 is 11.0. The highest BCUT2D eigenvalue weighted by molar-refractivity contribution is 9.10. The van der Waals surface area contributed by atoms with Gasteiger partial charge in [0.2, 0.25) is 0 Å². The van der Waals surface area contributed by atoms with Crippen molar-refractivity contribution < 1.29 is 9.47 Å². The van der Waals surface area contributed by atoms with Crippen LogP contribution in [0.2, 0.25) is 0 Å². The molecule has 2 nitrogen and oxygen atoms in total. The summed E-state index contributed by atoms with van der Waals surface area (Å²) in [5, 5.41) is 5.51. The molecule has 1 atom stereocenters. The average Bonchev–Trinajstić information content (AvgIpc) is 2.89. The number of hydrogen-bond donors (Lipinski definition) is 0. The van der Waals surface area contributed by atoms with Gasteiger partial charge in [-0.2, -0.15) is 0 Å². The van der Waals surface area contributed by atoms with E-state index in [0.717, 1.165) is 4.47 Å². The van der Waals surface area contributed by atoms with Crippen LogP contribution in [-0.4, -0.2) is 20.3 Å². The Morgan fingerprint density at radius 2 is 1.74 bits per heavy atom. The van der Waals surface area contributed by atoms with Crippen molar-refractivity contribution in [3.8, 4) is 0 Å². The number of rotatable bonds is 3. The van der Waals surface area contributed by atoms with Crippen molar-refractivity contribution in [3.05, 3.63) is 118 Å². The molecule has 0 bridgehead atoms. The standard InChI is InChI=1S/C24H19Br.C7H10O2/c25-19-12-8-17(9-13-19)21-7-3-5-18-11-14-22-20-6-2-1-4-16(20)10-15-23(22)24(18)21;1-8-6-7-2-4-9-5-3-7/h1-2,4,6,8-15,21H,3,5,7H2;2-4H,5-6H2,1H3. The van der Waals surface area contributed by atoms with Gasteiger partial charge in [0.15, 0.2) is 0 Å². The van der Waals surface area contributed by atoms with Crippen LogP contribution in [-0.2, 0) is 15.9 Å². The van der Waals surface area contributed by atoms with Crippen LogP contribution >= 0.6 is 15.9 Å². The zero-order valence-electron chi connectivity index (χ0n) is 19.5. The highest BCUT2D eigenvalue weighted by Crippen LogP contribution is 2.42. The third-order valence-electron chi connectivity index (χ3n) is 6.75. The van der Waals surface area contributed by atoms with Crippen LogP contribution in [0.3, 0.4) is 0 Å². The summed E-state index contributed by atoms with van der Waals surface area (Å²) in [6.45, 7) is 1.36. The van der Waals surface area contributed by atoms with Gasteiger partial charge in [0, 0.05) is 17.5 Å². The van der Waals surface area contributed by atoms with E-state index in [1.165, 1.54) is 57.5 Å². The summed E-state index contributed by atoms with van der Waals surface area (Å²) >= 11 is 3.57. The number of halogens is 1. The van der Waals surface area contributed by atoms with Crippen molar-refractivity contribution in [2.75, 3.05) is 20.3 Å². The largest absolute Gasteiger partial charge is 0.497 e. The van der Waals surface area contributed by atoms with Gasteiger partial charge in [-0.25, -0.2) is 0 Å². The Balaban J connectivity index is 0.000000227. The molecule has 0 saturated carbocycles. The smallest absolute Gasteiger partial charge is 0.106 e. The van der Waals surface area contributed by atoms with Gasteiger partial charge in [0.25, 0.3) is 0 Å². The zero-order chi connectivity index (χ0) is 23.3. The van der Waals surface area contributed by atoms with Gasteiger partial charge in [-0.1, -0.05) is 76.6 Å². The topological polar surface area (TPSA) is 18.5 Å². The molecule has 0 aromatic heterocycles. The van der Waals surface area contributed by atoms with Gasteiger partial charge in [-0.05, 0) is 87.4 Å². The van der Waals surface area contributed by atoms with E-state index in [9.17, 15) is 0 Å². The molecule has 1 aliphatic heterocycles. The monoisotopic (exact) mass is 512 g/mol. The Bertz CT molecular complexity index is 1350. The first-order chi connectivity index (χ1) is 16.7. The molecule has 0 fully saturated rings. The molecule has 0 amide bonds. The molecule has 3 heteroatoms. The molecule has 2 aliphatic rings. The van der Waals surface area contributed by atoms with Crippen LogP contribution in [0.1, 0.15) is 35.4 Å². The fourth-order valence-corrected chi connectivity index (χ4v) is 5.41. The molecule has 1 aliphatic carbocycles. The van der Waals surface area contributed by atoms with Gasteiger partial charge in [0.1, 0.15) is 6.61 Å². The maximum atomic E-state index is 4.93. The molecule has 1 unspecified atom stereocenters. The van der Waals surface area contributed by atoms with E-state index in [1.807, 2.05) is 12.2 Å². The fourth-order valence-electron chi connectivity index (χ4n) is 5.14. The van der Waals surface area contributed by atoms with Crippen LogP contribution < -0.4 is 0 Å². The van der Waals surface area contributed by atoms with Crippen LogP contribution in [0.15, 0.2) is 101 Å². The molecule has 6 rings (SSSR count). The maximum absolute atomic E-state index is 4.93. The van der Waals surface area contributed by atoms with E-state index in [-0.39, 0.29) is 0 Å². The Labute approximate surface area is 210 Å². The second-order valence-electron chi connectivity index (χ2n) is 8.86. The third-order valence-corrected chi connectivity index (χ3v) is 7.28. The van der Waals surface area contributed by atoms with Gasteiger partial charge in [0.05, 0.1) is 12.9 Å². The Hall–Kier alpha value is -2.88. The molecule has 172 valence electrons. The van der Waals surface area contributed by atoms with Gasteiger partial charge < -0.3 is 9.47 Å². The molecular formula is C31H29BrO2. The number of ether oxygens (including phenoxy) is 2. The summed E-state index contributed by atoms with van der Waals surface area (Å²) in [6.07, 6.45) is 9.31. The first-order valence-electron chi connectivity index (χ1n) is 11.9. The second kappa shape index (κ2) is 10.6. The lowest BCUT2D eigenvalue weighted by atomic mass is 9.76. The summed E-state index contributed by atoms with van der Waals surface area (Å²) in [7, 11) is 1.68. The van der Waals surface area contributed by atoms with Crippen molar-refractivity contribution in [2.24, 2.45) is 0 Å². The molecule has 0 saturated heterocycles. The van der Waals surface area contributed by atoms with Crippen LogP contribution in [0.5, 0.6) is 0 Å². The van der Waals surface area contributed by atoms with E-state index in [1.54, 1.807) is 18.9 Å². The van der Waals surface area contributed by atoms with Crippen molar-refractivity contribution >= 4 is 37.5 Å². The van der Waals surface area contributed by atoms with Gasteiger partial charge in [-0.15, -0.1) is 0 Å². The number of hydrogen-bond acceptors (Lipinski definition) is 2. The van der Waals surface area contributed by atoms with Gasteiger partial charge in [-0.3, -0.25) is 0 Å². The molecule has 4 aromatic carbocycles. The molecular weight excluding hydrogens is 484 g/mol. The predicted molar refractivity (Wildman–Crippen MR) is 145 cm³/mol. The number of methoxy groups -OCH3 is 1. The second-order valence-corrected chi connectivity index (χ2v) is 9.78. The summed E-state index contributed by atoms with van der Waals surface area (Å²) in [4.78, 5) is 0. The van der Waals surface area contributed by atoms with Crippen molar-refractivity contribution in [3.63, 3.8) is 0 Å². The van der Waals surface area contributed by atoms with Crippen LogP contribution in [0, 0.1) is 0 Å². The lowest BCUT2D eigenvalue weighted by Crippen LogP contribution is -2.11. The Morgan fingerprint density at radius 1 is 0.912 bits per heavy atom. The number of aryl methyl sites for hydroxylation is 1. The Morgan fingerprint density at radius 3 is 2.53 bits per heavy atom. The number of fused-ring (bicyclic) bond motifs is 5. The molecule has 4 aromatic rings. The fraction of sp³-hybridized carbons (Fsp3) is 0.226. The van der Waals surface area contributed by atoms with Crippen molar-refractivity contribution in [1.29, 1.82) is 0 Å². The predicted octanol–water partition coefficient (Wildman–Crippen LogP) is 8.33. The minimum absolute atomic E-state index is 0.502. The first kappa shape index (κ1) is 22.9. The van der Waals surface area contributed by atoms with Crippen LogP contribution in [0.4, 0.5) is 0 Å². The summed E-state index contributed by atoms with van der Waals surface area (Å²) in [5.74, 6) is 0.502. The van der Waals surface area contributed by atoms with Crippen molar-refractivity contribution in [1.82, 2.24) is 0 Å². The lowest BCUT2D eigenvalue weighted by Gasteiger charge is -2.28. The van der Waals surface area contributed by atoms with Gasteiger partial charge >= 0.3 is 0 Å². The summed E-state index contributed by atoms with van der Waals surface area (Å²) in [6, 6.07) is 27.0. The molecule has 0 N–H and O–H groups in total. The van der Waals surface area contributed by atoms with E-state index in [2.05, 4.69) is 88.7 Å². The highest BCUT2D eigenvalue weighted by atomic mass is 79.9. The minimum atomic E-state index is 0.502. The van der Waals surface area contributed by atoms with Crippen molar-refractivity contribution in [2.45, 2.75) is 25.2 Å². The van der Waals surface area contributed by atoms with E-state index >= 15 is 0 Å². The minimum Gasteiger partial charge on any atom is -0.497 e. The van der Waals surface area contributed by atoms with E-state index < -0.39 is 0 Å². The lowest BCUT2D eigenvalue weighted by molar-refractivity contribution is 0.222. The SMILES string of the molecule is Brc1ccc(C2CCCc3ccc4c(ccc5ccccc54)c32)cc1.COCC1=CCOC=C1. The zero-order valence-corrected chi connectivity index (χ0v) is 21.1. The highest BCUT2D eigenvalue weighted by Gasteiger charge is 2.24. The molecule has 34 heavy (non-hydrogen) atoms. The Kier molecular flexibility index (Phi) is 7.13. The average molecular weight is 513 g/mol. The number of benzene rings is 4. The first-order valence-corrected chi connectivity index (χ1v) is 12.7. The molecule has 0 spiro atoms. The summed E-state index contributed by atoms with van der Waals surface area (Å²) in [5.41, 5.74) is 5.70. The van der Waals surface area contributed by atoms with E-state index in [0.29, 0.717) is 19.1 Å². The van der Waals surface area contributed by atoms with Crippen LogP contribution in [0.25, 0.3) is 21.5 Å². The third kappa shape index (κ3) is 4.82.